The summed E-state index contributed by atoms with van der Waals surface area (Å²) >= 11 is 0. The summed E-state index contributed by atoms with van der Waals surface area (Å²) in [5.41, 5.74) is 3.09. The molecule has 3 N–H and O–H groups in total. The Hall–Kier alpha value is -1.39. The molecule has 35 heavy (non-hydrogen) atoms. The number of hydrogen-bond acceptors (Lipinski definition) is 3. The van der Waals surface area contributed by atoms with E-state index in [1.54, 1.807) is 0 Å². The van der Waals surface area contributed by atoms with Crippen molar-refractivity contribution in [1.29, 1.82) is 0 Å². The minimum atomic E-state index is -0.793. The fraction of sp³-hybridized carbons (Fsp3) is 0.774. The lowest BCUT2D eigenvalue weighted by Crippen LogP contribution is -2.54. The van der Waals surface area contributed by atoms with Crippen LogP contribution >= 0.6 is 0 Å². The average molecular weight is 485 g/mol. The molecule has 0 amide bonds. The number of rotatable bonds is 6. The average Bonchev–Trinajstić information content (AvgIpc) is 2.97. The molecule has 0 aromatic heterocycles. The second-order valence-corrected chi connectivity index (χ2v) is 13.9. The van der Waals surface area contributed by atoms with Gasteiger partial charge < -0.3 is 15.3 Å². The highest BCUT2D eigenvalue weighted by Gasteiger charge is 2.66. The molecule has 0 saturated heterocycles. The molecule has 0 heterocycles. The van der Waals surface area contributed by atoms with Gasteiger partial charge in [-0.2, -0.15) is 0 Å². The van der Waals surface area contributed by atoms with Crippen molar-refractivity contribution in [3.63, 3.8) is 0 Å². The van der Waals surface area contributed by atoms with Crippen LogP contribution in [0.4, 0.5) is 0 Å². The predicted molar refractivity (Wildman–Crippen MR) is 141 cm³/mol. The molecule has 196 valence electrons. The minimum Gasteiger partial charge on any atom is -0.481 e. The van der Waals surface area contributed by atoms with Gasteiger partial charge in [0.1, 0.15) is 0 Å². The van der Waals surface area contributed by atoms with Gasteiger partial charge in [-0.25, -0.2) is 0 Å². The summed E-state index contributed by atoms with van der Waals surface area (Å²) in [7, 11) is 0. The molecular formula is C31H48O4. The summed E-state index contributed by atoms with van der Waals surface area (Å²) < 4.78 is 0. The molecule has 4 rings (SSSR count). The van der Waals surface area contributed by atoms with E-state index in [2.05, 4.69) is 67.2 Å². The van der Waals surface area contributed by atoms with Gasteiger partial charge in [0.2, 0.25) is 0 Å². The van der Waals surface area contributed by atoms with Crippen LogP contribution in [0.3, 0.4) is 0 Å². The van der Waals surface area contributed by atoms with Crippen molar-refractivity contribution in [3.8, 4) is 0 Å². The Morgan fingerprint density at radius 3 is 2.37 bits per heavy atom. The van der Waals surface area contributed by atoms with Crippen LogP contribution in [0.2, 0.25) is 0 Å². The topological polar surface area (TPSA) is 77.8 Å². The van der Waals surface area contributed by atoms with Crippen molar-refractivity contribution < 1.29 is 20.1 Å². The number of aliphatic hydroxyl groups excluding tert-OH is 2. The van der Waals surface area contributed by atoms with Crippen molar-refractivity contribution in [1.82, 2.24) is 0 Å². The zero-order chi connectivity index (χ0) is 26.1. The number of carboxylic acids is 1. The van der Waals surface area contributed by atoms with Crippen molar-refractivity contribution >= 4 is 5.97 Å². The maximum Gasteiger partial charge on any atom is 0.306 e. The van der Waals surface area contributed by atoms with Gasteiger partial charge in [0.15, 0.2) is 0 Å². The standard InChI is InChI=1S/C31H48O4/c1-18(2)19(3)9-10-20(27(34)35)26-23(32)17-31(8)22-11-12-24-28(4,5)25(33)14-15-29(24,6)21(22)13-16-30(26,31)7/h11,13,18,20,23-26,32-33H,3,9-10,12,14-17H2,1-2,4-8H3,(H,34,35)/t20-,23?,24+,25?,26+,29-,30-,31+/m1/s1. The number of hydrogen-bond donors (Lipinski definition) is 3. The van der Waals surface area contributed by atoms with Crippen LogP contribution < -0.4 is 0 Å². The molecule has 0 aromatic rings. The van der Waals surface area contributed by atoms with Gasteiger partial charge in [0.25, 0.3) is 0 Å². The Balaban J connectivity index is 1.72. The third-order valence-electron chi connectivity index (χ3n) is 11.6. The monoisotopic (exact) mass is 484 g/mol. The number of carboxylic acid groups (broad SMARTS) is 1. The van der Waals surface area contributed by atoms with Crippen LogP contribution in [-0.4, -0.2) is 33.5 Å². The molecule has 2 saturated carbocycles. The Morgan fingerprint density at radius 1 is 1.11 bits per heavy atom. The van der Waals surface area contributed by atoms with Gasteiger partial charge in [-0.3, -0.25) is 4.79 Å². The summed E-state index contributed by atoms with van der Waals surface area (Å²) in [5.74, 6) is -0.966. The normalized spacial score (nSPS) is 42.9. The molecule has 2 fully saturated rings. The van der Waals surface area contributed by atoms with Crippen molar-refractivity contribution in [2.24, 2.45) is 45.3 Å². The van der Waals surface area contributed by atoms with Gasteiger partial charge in [-0.1, -0.05) is 72.8 Å². The maximum absolute atomic E-state index is 12.6. The lowest BCUT2D eigenvalue weighted by molar-refractivity contribution is -0.148. The quantitative estimate of drug-likeness (QED) is 0.374. The molecule has 2 unspecified atom stereocenters. The van der Waals surface area contributed by atoms with E-state index in [1.165, 1.54) is 11.1 Å². The second kappa shape index (κ2) is 8.58. The van der Waals surface area contributed by atoms with Gasteiger partial charge >= 0.3 is 5.97 Å². The summed E-state index contributed by atoms with van der Waals surface area (Å²) in [6, 6.07) is 0. The van der Waals surface area contributed by atoms with E-state index in [4.69, 9.17) is 0 Å². The summed E-state index contributed by atoms with van der Waals surface area (Å²) in [6.45, 7) is 19.7. The number of aliphatic hydroxyl groups is 2. The fourth-order valence-corrected chi connectivity index (χ4v) is 8.90. The molecule has 8 atom stereocenters. The van der Waals surface area contributed by atoms with Crippen molar-refractivity contribution in [2.45, 2.75) is 106 Å². The summed E-state index contributed by atoms with van der Waals surface area (Å²) in [4.78, 5) is 12.6. The second-order valence-electron chi connectivity index (χ2n) is 13.9. The highest BCUT2D eigenvalue weighted by Crippen LogP contribution is 2.71. The SMILES string of the molecule is C=C(CC[C@@H](C(=O)O)[C@H]1C(O)C[C@@]2(C)C3=CC[C@H]4C(C)(C)C(O)CC[C@]4(C)C3=CC[C@]12C)C(C)C. The van der Waals surface area contributed by atoms with Crippen LogP contribution in [0, 0.1) is 45.3 Å². The maximum atomic E-state index is 12.6. The largest absolute Gasteiger partial charge is 0.481 e. The van der Waals surface area contributed by atoms with E-state index in [-0.39, 0.29) is 33.7 Å². The van der Waals surface area contributed by atoms with E-state index >= 15 is 0 Å². The Labute approximate surface area is 212 Å². The van der Waals surface area contributed by atoms with Gasteiger partial charge in [-0.15, -0.1) is 0 Å². The molecule has 4 heteroatoms. The first-order valence-electron chi connectivity index (χ1n) is 13.8. The highest BCUT2D eigenvalue weighted by molar-refractivity contribution is 5.71. The molecule has 0 aliphatic heterocycles. The number of aliphatic carboxylic acids is 1. The predicted octanol–water partition coefficient (Wildman–Crippen LogP) is 6.54. The molecular weight excluding hydrogens is 436 g/mol. The number of carbonyl (C=O) groups is 1. The van der Waals surface area contributed by atoms with Crippen LogP contribution in [0.25, 0.3) is 0 Å². The highest BCUT2D eigenvalue weighted by atomic mass is 16.4. The van der Waals surface area contributed by atoms with Crippen LogP contribution in [-0.2, 0) is 4.79 Å². The number of fused-ring (bicyclic) bond motifs is 5. The van der Waals surface area contributed by atoms with Crippen molar-refractivity contribution in [2.75, 3.05) is 0 Å². The van der Waals surface area contributed by atoms with Gasteiger partial charge in [0.05, 0.1) is 18.1 Å². The van der Waals surface area contributed by atoms with E-state index < -0.39 is 18.0 Å². The summed E-state index contributed by atoms with van der Waals surface area (Å²) in [5, 5.41) is 32.6. The zero-order valence-corrected chi connectivity index (χ0v) is 23.0. The van der Waals surface area contributed by atoms with Crippen molar-refractivity contribution in [3.05, 3.63) is 35.5 Å². The lowest BCUT2D eigenvalue weighted by Gasteiger charge is -2.61. The lowest BCUT2D eigenvalue weighted by atomic mass is 9.44. The number of allylic oxidation sites excluding steroid dienone is 5. The van der Waals surface area contributed by atoms with Gasteiger partial charge in [-0.05, 0) is 84.2 Å². The molecule has 0 radical (unpaired) electrons. The summed E-state index contributed by atoms with van der Waals surface area (Å²) in [6.07, 6.45) is 9.19. The van der Waals surface area contributed by atoms with E-state index in [0.717, 1.165) is 31.3 Å². The van der Waals surface area contributed by atoms with E-state index in [9.17, 15) is 20.1 Å². The molecule has 0 aromatic carbocycles. The third-order valence-corrected chi connectivity index (χ3v) is 11.6. The fourth-order valence-electron chi connectivity index (χ4n) is 8.90. The third kappa shape index (κ3) is 3.72. The molecule has 0 spiro atoms. The first-order valence-corrected chi connectivity index (χ1v) is 13.8. The van der Waals surface area contributed by atoms with Crippen LogP contribution in [0.1, 0.15) is 93.4 Å². The molecule has 4 nitrogen and oxygen atoms in total. The Bertz CT molecular complexity index is 957. The zero-order valence-electron chi connectivity index (χ0n) is 23.0. The Kier molecular flexibility index (Phi) is 6.54. The van der Waals surface area contributed by atoms with Gasteiger partial charge in [0, 0.05) is 11.3 Å². The first kappa shape index (κ1) is 26.7. The molecule has 0 bridgehead atoms. The van der Waals surface area contributed by atoms with Crippen LogP contribution in [0.5, 0.6) is 0 Å². The smallest absolute Gasteiger partial charge is 0.306 e. The molecule has 4 aliphatic rings. The first-order chi connectivity index (χ1) is 16.1. The molecule has 4 aliphatic carbocycles. The van der Waals surface area contributed by atoms with E-state index in [0.29, 0.717) is 31.1 Å². The van der Waals surface area contributed by atoms with Crippen LogP contribution in [0.15, 0.2) is 35.5 Å². The van der Waals surface area contributed by atoms with E-state index in [1.807, 2.05) is 0 Å². The minimum absolute atomic E-state index is 0.00139. The Morgan fingerprint density at radius 2 is 1.77 bits per heavy atom.